The lowest BCUT2D eigenvalue weighted by molar-refractivity contribution is 0.0941. The van der Waals surface area contributed by atoms with Crippen molar-refractivity contribution in [2.45, 2.75) is 19.4 Å². The number of carbonyl (C=O) groups is 1. The third-order valence-corrected chi connectivity index (χ3v) is 2.62. The zero-order valence-corrected chi connectivity index (χ0v) is 9.66. The molecule has 1 amide bonds. The Bertz CT molecular complexity index is 577. The fourth-order valence-electron chi connectivity index (χ4n) is 1.73. The number of amides is 1. The summed E-state index contributed by atoms with van der Waals surface area (Å²) >= 11 is 0. The number of aromatic amines is 1. The first kappa shape index (κ1) is 11.3. The number of aromatic nitrogens is 1. The molecule has 3 nitrogen and oxygen atoms in total. The Labute approximate surface area is 100 Å². The van der Waals surface area contributed by atoms with Crippen LogP contribution in [0, 0.1) is 12.3 Å². The van der Waals surface area contributed by atoms with Gasteiger partial charge in [-0.1, -0.05) is 0 Å². The summed E-state index contributed by atoms with van der Waals surface area (Å²) in [4.78, 5) is 15.0. The van der Waals surface area contributed by atoms with Gasteiger partial charge in [-0.3, -0.25) is 4.79 Å². The molecule has 0 aliphatic heterocycles. The zero-order chi connectivity index (χ0) is 12.3. The number of H-pyrrole nitrogens is 1. The molecule has 0 aliphatic carbocycles. The third-order valence-electron chi connectivity index (χ3n) is 2.62. The van der Waals surface area contributed by atoms with Crippen LogP contribution in [0.3, 0.4) is 0 Å². The van der Waals surface area contributed by atoms with Crippen LogP contribution in [-0.4, -0.2) is 16.9 Å². The first-order valence-electron chi connectivity index (χ1n) is 5.52. The Morgan fingerprint density at radius 3 is 3.12 bits per heavy atom. The molecule has 0 bridgehead atoms. The van der Waals surface area contributed by atoms with E-state index >= 15 is 0 Å². The summed E-state index contributed by atoms with van der Waals surface area (Å²) in [6.45, 7) is 1.90. The summed E-state index contributed by atoms with van der Waals surface area (Å²) < 4.78 is 0. The Balaban J connectivity index is 2.16. The van der Waals surface area contributed by atoms with Crippen LogP contribution in [0.1, 0.15) is 23.7 Å². The largest absolute Gasteiger partial charge is 0.361 e. The van der Waals surface area contributed by atoms with Crippen molar-refractivity contribution in [2.75, 3.05) is 0 Å². The predicted octanol–water partition coefficient (Wildman–Crippen LogP) is 2.31. The average molecular weight is 226 g/mol. The van der Waals surface area contributed by atoms with Gasteiger partial charge in [0.05, 0.1) is 0 Å². The molecular formula is C14H14N2O. The molecule has 0 fully saturated rings. The fourth-order valence-corrected chi connectivity index (χ4v) is 1.73. The van der Waals surface area contributed by atoms with Crippen molar-refractivity contribution < 1.29 is 4.79 Å². The molecule has 1 unspecified atom stereocenters. The van der Waals surface area contributed by atoms with Crippen molar-refractivity contribution in [2.24, 2.45) is 0 Å². The summed E-state index contributed by atoms with van der Waals surface area (Å²) in [5, 5.41) is 3.89. The molecule has 0 aliphatic rings. The number of carbonyl (C=O) groups excluding carboxylic acids is 1. The van der Waals surface area contributed by atoms with Crippen LogP contribution < -0.4 is 5.32 Å². The monoisotopic (exact) mass is 226 g/mol. The van der Waals surface area contributed by atoms with Gasteiger partial charge in [0.15, 0.2) is 0 Å². The van der Waals surface area contributed by atoms with Gasteiger partial charge in [0.1, 0.15) is 0 Å². The van der Waals surface area contributed by atoms with E-state index in [2.05, 4.69) is 16.2 Å². The van der Waals surface area contributed by atoms with E-state index in [0.717, 1.165) is 10.9 Å². The SMILES string of the molecule is C#CCC(C)NC(=O)c1ccc2[nH]ccc2c1. The molecule has 86 valence electrons. The Morgan fingerprint density at radius 2 is 2.35 bits per heavy atom. The van der Waals surface area contributed by atoms with E-state index in [-0.39, 0.29) is 11.9 Å². The van der Waals surface area contributed by atoms with Gasteiger partial charge in [0, 0.05) is 35.1 Å². The van der Waals surface area contributed by atoms with E-state index < -0.39 is 0 Å². The van der Waals surface area contributed by atoms with Crippen molar-refractivity contribution >= 4 is 16.8 Å². The Morgan fingerprint density at radius 1 is 1.53 bits per heavy atom. The molecule has 0 radical (unpaired) electrons. The smallest absolute Gasteiger partial charge is 0.251 e. The van der Waals surface area contributed by atoms with Crippen LogP contribution >= 0.6 is 0 Å². The molecule has 2 rings (SSSR count). The average Bonchev–Trinajstić information content (AvgIpc) is 2.75. The first-order valence-corrected chi connectivity index (χ1v) is 5.52. The van der Waals surface area contributed by atoms with E-state index in [0.29, 0.717) is 12.0 Å². The minimum Gasteiger partial charge on any atom is -0.361 e. The zero-order valence-electron chi connectivity index (χ0n) is 9.66. The highest BCUT2D eigenvalue weighted by molar-refractivity contribution is 5.98. The number of nitrogens with one attached hydrogen (secondary N) is 2. The van der Waals surface area contributed by atoms with Crippen LogP contribution in [0.25, 0.3) is 10.9 Å². The second kappa shape index (κ2) is 4.75. The normalized spacial score (nSPS) is 12.0. The highest BCUT2D eigenvalue weighted by atomic mass is 16.1. The predicted molar refractivity (Wildman–Crippen MR) is 68.7 cm³/mol. The van der Waals surface area contributed by atoms with Crippen LogP contribution in [0.4, 0.5) is 0 Å². The van der Waals surface area contributed by atoms with E-state index in [9.17, 15) is 4.79 Å². The maximum absolute atomic E-state index is 11.9. The molecule has 1 atom stereocenters. The van der Waals surface area contributed by atoms with Gasteiger partial charge < -0.3 is 10.3 Å². The topological polar surface area (TPSA) is 44.9 Å². The third kappa shape index (κ3) is 2.48. The molecule has 1 aromatic heterocycles. The van der Waals surface area contributed by atoms with E-state index in [1.165, 1.54) is 0 Å². The number of rotatable bonds is 3. The highest BCUT2D eigenvalue weighted by Crippen LogP contribution is 2.14. The number of fused-ring (bicyclic) bond motifs is 1. The lowest BCUT2D eigenvalue weighted by Crippen LogP contribution is -2.32. The summed E-state index contributed by atoms with van der Waals surface area (Å²) in [5.41, 5.74) is 1.68. The van der Waals surface area contributed by atoms with Gasteiger partial charge in [-0.2, -0.15) is 0 Å². The number of terminal acetylenes is 1. The molecule has 1 heterocycles. The molecule has 0 spiro atoms. The molecule has 2 N–H and O–H groups in total. The molecular weight excluding hydrogens is 212 g/mol. The summed E-state index contributed by atoms with van der Waals surface area (Å²) in [7, 11) is 0. The van der Waals surface area contributed by atoms with Gasteiger partial charge in [-0.05, 0) is 31.2 Å². The molecule has 0 saturated heterocycles. The Hall–Kier alpha value is -2.21. The minimum absolute atomic E-state index is 0.00517. The maximum Gasteiger partial charge on any atom is 0.251 e. The van der Waals surface area contributed by atoms with E-state index in [1.54, 1.807) is 6.07 Å². The van der Waals surface area contributed by atoms with Gasteiger partial charge in [-0.15, -0.1) is 12.3 Å². The lowest BCUT2D eigenvalue weighted by atomic mass is 10.1. The van der Waals surface area contributed by atoms with Crippen molar-refractivity contribution in [1.29, 1.82) is 0 Å². The Kier molecular flexibility index (Phi) is 3.15. The van der Waals surface area contributed by atoms with Crippen molar-refractivity contribution in [3.05, 3.63) is 36.0 Å². The fraction of sp³-hybridized carbons (Fsp3) is 0.214. The second-order valence-electron chi connectivity index (χ2n) is 4.06. The summed E-state index contributed by atoms with van der Waals surface area (Å²) in [6, 6.07) is 7.50. The maximum atomic E-state index is 11.9. The molecule has 0 saturated carbocycles. The molecule has 2 aromatic rings. The summed E-state index contributed by atoms with van der Waals surface area (Å²) in [6.07, 6.45) is 7.59. The highest BCUT2D eigenvalue weighted by Gasteiger charge is 2.09. The standard InChI is InChI=1S/C14H14N2O/c1-3-4-10(2)16-14(17)12-5-6-13-11(9-12)7-8-15-13/h1,5-10,15H,4H2,2H3,(H,16,17). The number of hydrogen-bond acceptors (Lipinski definition) is 1. The minimum atomic E-state index is -0.0872. The first-order chi connectivity index (χ1) is 8.20. The number of hydrogen-bond donors (Lipinski definition) is 2. The second-order valence-corrected chi connectivity index (χ2v) is 4.06. The van der Waals surface area contributed by atoms with Crippen molar-refractivity contribution in [3.8, 4) is 12.3 Å². The van der Waals surface area contributed by atoms with Gasteiger partial charge in [-0.25, -0.2) is 0 Å². The van der Waals surface area contributed by atoms with Crippen molar-refractivity contribution in [3.63, 3.8) is 0 Å². The molecule has 17 heavy (non-hydrogen) atoms. The van der Waals surface area contributed by atoms with E-state index in [1.807, 2.05) is 31.3 Å². The quantitative estimate of drug-likeness (QED) is 0.775. The van der Waals surface area contributed by atoms with Gasteiger partial charge in [0.25, 0.3) is 5.91 Å². The molecule has 1 aromatic carbocycles. The van der Waals surface area contributed by atoms with Crippen LogP contribution in [0.5, 0.6) is 0 Å². The van der Waals surface area contributed by atoms with Gasteiger partial charge >= 0.3 is 0 Å². The van der Waals surface area contributed by atoms with Crippen LogP contribution in [-0.2, 0) is 0 Å². The van der Waals surface area contributed by atoms with Crippen molar-refractivity contribution in [1.82, 2.24) is 10.3 Å². The van der Waals surface area contributed by atoms with Crippen LogP contribution in [0.2, 0.25) is 0 Å². The molecule has 3 heteroatoms. The lowest BCUT2D eigenvalue weighted by Gasteiger charge is -2.10. The number of benzene rings is 1. The van der Waals surface area contributed by atoms with E-state index in [4.69, 9.17) is 6.42 Å². The summed E-state index contributed by atoms with van der Waals surface area (Å²) in [5.74, 6) is 2.44. The van der Waals surface area contributed by atoms with Crippen LogP contribution in [0.15, 0.2) is 30.5 Å². The van der Waals surface area contributed by atoms with Gasteiger partial charge in [0.2, 0.25) is 0 Å².